The number of rotatable bonds is 7. The predicted molar refractivity (Wildman–Crippen MR) is 83.5 cm³/mol. The van der Waals surface area contributed by atoms with Crippen LogP contribution in [0.15, 0.2) is 36.4 Å². The van der Waals surface area contributed by atoms with Gasteiger partial charge in [0, 0.05) is 13.1 Å². The van der Waals surface area contributed by atoms with Gasteiger partial charge in [-0.05, 0) is 41.1 Å². The molecule has 1 N–H and O–H groups in total. The maximum absolute atomic E-state index is 10.4. The molecule has 0 aromatic heterocycles. The van der Waals surface area contributed by atoms with Crippen molar-refractivity contribution in [2.24, 2.45) is 0 Å². The molecule has 2 aromatic carbocycles. The minimum atomic E-state index is 0.580. The lowest BCUT2D eigenvalue weighted by Crippen LogP contribution is -2.22. The van der Waals surface area contributed by atoms with E-state index in [1.807, 2.05) is 6.07 Å². The number of hydrogen-bond donors (Lipinski definition) is 1. The van der Waals surface area contributed by atoms with E-state index in [1.54, 1.807) is 0 Å². The second-order valence-electron chi connectivity index (χ2n) is 4.93. The second-order valence-corrected chi connectivity index (χ2v) is 4.93. The van der Waals surface area contributed by atoms with Crippen molar-refractivity contribution < 1.29 is 4.79 Å². The zero-order valence-electron chi connectivity index (χ0n) is 12.2. The Kier molecular flexibility index (Phi) is 5.13. The minimum Gasteiger partial charge on any atom is -0.355 e. The first-order valence-corrected chi connectivity index (χ1v) is 7.18. The minimum absolute atomic E-state index is 0.580. The molecular formula is C17H22N2O. The zero-order chi connectivity index (χ0) is 14.4. The van der Waals surface area contributed by atoms with Crippen molar-refractivity contribution in [2.75, 3.05) is 13.1 Å². The van der Waals surface area contributed by atoms with Gasteiger partial charge in [0.15, 0.2) is 0 Å². The normalized spacial score (nSPS) is 10.9. The van der Waals surface area contributed by atoms with Gasteiger partial charge >= 0.3 is 0 Å². The van der Waals surface area contributed by atoms with Gasteiger partial charge in [-0.1, -0.05) is 44.2 Å². The summed E-state index contributed by atoms with van der Waals surface area (Å²) in [5, 5.41) is 5.18. The van der Waals surface area contributed by atoms with Crippen LogP contribution in [-0.4, -0.2) is 24.4 Å². The molecule has 0 heterocycles. The van der Waals surface area contributed by atoms with Gasteiger partial charge < -0.3 is 5.32 Å². The molecule has 2 rings (SSSR count). The molecule has 0 aliphatic heterocycles. The maximum Gasteiger partial charge on any atom is 0.207 e. The molecule has 1 amide bonds. The van der Waals surface area contributed by atoms with Crippen molar-refractivity contribution in [1.82, 2.24) is 10.2 Å². The van der Waals surface area contributed by atoms with Crippen LogP contribution in [0.5, 0.6) is 0 Å². The Morgan fingerprint density at radius 1 is 1.15 bits per heavy atom. The van der Waals surface area contributed by atoms with Crippen molar-refractivity contribution in [3.8, 4) is 0 Å². The molecule has 0 saturated carbocycles. The molecular weight excluding hydrogens is 248 g/mol. The van der Waals surface area contributed by atoms with Gasteiger partial charge in [-0.2, -0.15) is 0 Å². The Morgan fingerprint density at radius 3 is 2.65 bits per heavy atom. The van der Waals surface area contributed by atoms with Crippen LogP contribution in [0.2, 0.25) is 0 Å². The molecule has 0 unspecified atom stereocenters. The van der Waals surface area contributed by atoms with Crippen molar-refractivity contribution >= 4 is 17.2 Å². The van der Waals surface area contributed by atoms with E-state index in [9.17, 15) is 4.79 Å². The van der Waals surface area contributed by atoms with Crippen LogP contribution in [0.1, 0.15) is 25.0 Å². The van der Waals surface area contributed by atoms with E-state index in [0.29, 0.717) is 6.54 Å². The molecule has 0 bridgehead atoms. The topological polar surface area (TPSA) is 32.3 Å². The smallest absolute Gasteiger partial charge is 0.207 e. The van der Waals surface area contributed by atoms with E-state index >= 15 is 0 Å². The monoisotopic (exact) mass is 270 g/mol. The van der Waals surface area contributed by atoms with Crippen LogP contribution in [0.25, 0.3) is 10.8 Å². The lowest BCUT2D eigenvalue weighted by atomic mass is 10.0. The molecule has 0 spiro atoms. The second kappa shape index (κ2) is 7.06. The summed E-state index contributed by atoms with van der Waals surface area (Å²) in [6.07, 6.45) is 0.744. The molecule has 3 heteroatoms. The number of hydrogen-bond acceptors (Lipinski definition) is 2. The Morgan fingerprint density at radius 2 is 1.95 bits per heavy atom. The summed E-state index contributed by atoms with van der Waals surface area (Å²) in [5.41, 5.74) is 2.49. The van der Waals surface area contributed by atoms with Crippen molar-refractivity contribution in [2.45, 2.75) is 26.9 Å². The molecule has 3 nitrogen and oxygen atoms in total. The van der Waals surface area contributed by atoms with Gasteiger partial charge in [0.2, 0.25) is 6.41 Å². The molecule has 20 heavy (non-hydrogen) atoms. The average molecular weight is 270 g/mol. The van der Waals surface area contributed by atoms with E-state index in [4.69, 9.17) is 0 Å². The van der Waals surface area contributed by atoms with E-state index in [0.717, 1.165) is 31.6 Å². The first-order chi connectivity index (χ1) is 9.78. The fraction of sp³-hybridized carbons (Fsp3) is 0.353. The van der Waals surface area contributed by atoms with Crippen molar-refractivity contribution in [1.29, 1.82) is 0 Å². The molecule has 2 aromatic rings. The summed E-state index contributed by atoms with van der Waals surface area (Å²) in [6, 6.07) is 12.8. The Labute approximate surface area is 120 Å². The third kappa shape index (κ3) is 3.36. The van der Waals surface area contributed by atoms with E-state index in [1.165, 1.54) is 16.3 Å². The van der Waals surface area contributed by atoms with E-state index < -0.39 is 0 Å². The summed E-state index contributed by atoms with van der Waals surface area (Å²) < 4.78 is 0. The van der Waals surface area contributed by atoms with Crippen molar-refractivity contribution in [3.63, 3.8) is 0 Å². The van der Waals surface area contributed by atoms with Gasteiger partial charge in [-0.15, -0.1) is 0 Å². The Balaban J connectivity index is 2.28. The van der Waals surface area contributed by atoms with E-state index in [-0.39, 0.29) is 0 Å². The third-order valence-electron chi connectivity index (χ3n) is 3.71. The highest BCUT2D eigenvalue weighted by molar-refractivity contribution is 5.86. The number of carbonyl (C=O) groups is 1. The third-order valence-corrected chi connectivity index (χ3v) is 3.71. The number of nitrogens with one attached hydrogen (secondary N) is 1. The molecule has 0 aliphatic rings. The highest BCUT2D eigenvalue weighted by Crippen LogP contribution is 2.21. The number of carbonyl (C=O) groups excluding carboxylic acids is 1. The Hall–Kier alpha value is -1.87. The lowest BCUT2D eigenvalue weighted by molar-refractivity contribution is -0.109. The zero-order valence-corrected chi connectivity index (χ0v) is 12.2. The molecule has 0 radical (unpaired) electrons. The van der Waals surface area contributed by atoms with Gasteiger partial charge in [-0.25, -0.2) is 0 Å². The molecule has 106 valence electrons. The first-order valence-electron chi connectivity index (χ1n) is 7.18. The van der Waals surface area contributed by atoms with Crippen LogP contribution in [-0.2, 0) is 17.9 Å². The SMILES string of the molecule is CCN(CC)Cc1ccc2c(CNC=O)cccc2c1. The van der Waals surface area contributed by atoms with Crippen LogP contribution < -0.4 is 5.32 Å². The highest BCUT2D eigenvalue weighted by Gasteiger charge is 2.04. The quantitative estimate of drug-likeness (QED) is 0.785. The van der Waals surface area contributed by atoms with E-state index in [2.05, 4.69) is 54.4 Å². The standard InChI is InChI=1S/C17H22N2O/c1-3-19(4-2)12-14-8-9-17-15(10-14)6-5-7-16(17)11-18-13-20/h5-10,13H,3-4,11-12H2,1-2H3,(H,18,20). The average Bonchev–Trinajstić information content (AvgIpc) is 2.50. The number of fused-ring (bicyclic) bond motifs is 1. The number of benzene rings is 2. The Bertz CT molecular complexity index is 576. The fourth-order valence-corrected chi connectivity index (χ4v) is 2.51. The number of nitrogens with zero attached hydrogens (tertiary/aromatic N) is 1. The molecule has 0 atom stereocenters. The van der Waals surface area contributed by atoms with Gasteiger partial charge in [0.05, 0.1) is 0 Å². The van der Waals surface area contributed by atoms with Gasteiger partial charge in [-0.3, -0.25) is 9.69 Å². The van der Waals surface area contributed by atoms with Crippen LogP contribution >= 0.6 is 0 Å². The summed E-state index contributed by atoms with van der Waals surface area (Å²) in [5.74, 6) is 0. The summed E-state index contributed by atoms with van der Waals surface area (Å²) in [7, 11) is 0. The van der Waals surface area contributed by atoms with Crippen LogP contribution in [0, 0.1) is 0 Å². The van der Waals surface area contributed by atoms with Crippen LogP contribution in [0.4, 0.5) is 0 Å². The van der Waals surface area contributed by atoms with Crippen molar-refractivity contribution in [3.05, 3.63) is 47.5 Å². The largest absolute Gasteiger partial charge is 0.355 e. The van der Waals surface area contributed by atoms with Gasteiger partial charge in [0.25, 0.3) is 0 Å². The maximum atomic E-state index is 10.4. The lowest BCUT2D eigenvalue weighted by Gasteiger charge is -2.18. The molecule has 0 fully saturated rings. The number of amides is 1. The molecule has 0 saturated heterocycles. The summed E-state index contributed by atoms with van der Waals surface area (Å²) in [4.78, 5) is 12.8. The van der Waals surface area contributed by atoms with Gasteiger partial charge in [0.1, 0.15) is 0 Å². The first kappa shape index (κ1) is 14.5. The summed E-state index contributed by atoms with van der Waals surface area (Å²) >= 11 is 0. The predicted octanol–water partition coefficient (Wildman–Crippen LogP) is 2.93. The molecule has 0 aliphatic carbocycles. The fourth-order valence-electron chi connectivity index (χ4n) is 2.51. The summed E-state index contributed by atoms with van der Waals surface area (Å²) in [6.45, 7) is 8.08. The highest BCUT2D eigenvalue weighted by atomic mass is 16.1. The van der Waals surface area contributed by atoms with Crippen LogP contribution in [0.3, 0.4) is 0 Å².